The largest absolute Gasteiger partial charge is 0.238 e. The van der Waals surface area contributed by atoms with E-state index < -0.39 is 0 Å². The molecule has 0 aromatic carbocycles. The second kappa shape index (κ2) is 1.92. The molecular formula is C4H3BrNS. The maximum absolute atomic E-state index is 3.86. The highest BCUT2D eigenvalue weighted by Crippen LogP contribution is 2.17. The van der Waals surface area contributed by atoms with E-state index in [0.717, 1.165) is 9.48 Å². The van der Waals surface area contributed by atoms with Crippen LogP contribution in [0.3, 0.4) is 0 Å². The zero-order valence-corrected chi connectivity index (χ0v) is 6.14. The maximum Gasteiger partial charge on any atom is 0.153 e. The Kier molecular flexibility index (Phi) is 1.44. The third-order valence-corrected chi connectivity index (χ3v) is 2.35. The highest BCUT2D eigenvalue weighted by molar-refractivity contribution is 9.11. The first-order valence-corrected chi connectivity index (χ1v) is 3.40. The molecule has 0 aliphatic heterocycles. The van der Waals surface area contributed by atoms with Crippen molar-refractivity contribution in [2.75, 3.05) is 0 Å². The first-order chi connectivity index (χ1) is 3.30. The summed E-state index contributed by atoms with van der Waals surface area (Å²) in [4.78, 5) is 3.86. The third-order valence-electron chi connectivity index (χ3n) is 0.633. The van der Waals surface area contributed by atoms with Gasteiger partial charge in [0.05, 0.1) is 9.48 Å². The summed E-state index contributed by atoms with van der Waals surface area (Å²) in [7, 11) is 0. The average molecular weight is 177 g/mol. The van der Waals surface area contributed by atoms with Crippen LogP contribution in [0.25, 0.3) is 0 Å². The molecule has 7 heavy (non-hydrogen) atoms. The second-order valence-corrected chi connectivity index (χ2v) is 3.28. The molecule has 0 unspecified atom stereocenters. The minimum Gasteiger partial charge on any atom is -0.238 e. The zero-order valence-electron chi connectivity index (χ0n) is 3.73. The minimum atomic E-state index is 1.02. The fraction of sp³-hybridized carbons (Fsp3) is 0.250. The lowest BCUT2D eigenvalue weighted by molar-refractivity contribution is 1.25. The van der Waals surface area contributed by atoms with Crippen LogP contribution in [0.4, 0.5) is 0 Å². The molecule has 0 amide bonds. The second-order valence-electron chi connectivity index (χ2n) is 1.16. The van der Waals surface area contributed by atoms with Crippen molar-refractivity contribution in [1.82, 2.24) is 4.98 Å². The van der Waals surface area contributed by atoms with Gasteiger partial charge in [-0.05, 0) is 22.9 Å². The van der Waals surface area contributed by atoms with Gasteiger partial charge in [-0.15, -0.1) is 11.3 Å². The molecule has 1 aromatic rings. The van der Waals surface area contributed by atoms with Crippen molar-refractivity contribution in [2.24, 2.45) is 0 Å². The van der Waals surface area contributed by atoms with Crippen LogP contribution in [0.5, 0.6) is 0 Å². The third kappa shape index (κ3) is 1.01. The van der Waals surface area contributed by atoms with Crippen molar-refractivity contribution in [2.45, 2.75) is 6.92 Å². The van der Waals surface area contributed by atoms with Crippen LogP contribution in [-0.4, -0.2) is 4.98 Å². The number of rotatable bonds is 0. The zero-order chi connectivity index (χ0) is 5.28. The van der Waals surface area contributed by atoms with E-state index in [4.69, 9.17) is 0 Å². The predicted octanol–water partition coefficient (Wildman–Crippen LogP) is 2.01. The normalized spacial score (nSPS) is 9.43. The van der Waals surface area contributed by atoms with Gasteiger partial charge in [0.1, 0.15) is 0 Å². The Morgan fingerprint density at radius 3 is 2.71 bits per heavy atom. The van der Waals surface area contributed by atoms with Crippen molar-refractivity contribution >= 4 is 27.3 Å². The van der Waals surface area contributed by atoms with Gasteiger partial charge in [-0.3, -0.25) is 0 Å². The summed E-state index contributed by atoms with van der Waals surface area (Å²) in [5.74, 6) is 0. The van der Waals surface area contributed by atoms with Crippen LogP contribution >= 0.6 is 27.3 Å². The van der Waals surface area contributed by atoms with E-state index >= 15 is 0 Å². The molecule has 0 aliphatic rings. The fourth-order valence-electron chi connectivity index (χ4n) is 0.249. The standard InChI is InChI=1S/C4H3BrNS/c1-3-4(5)7-2-6-3/h1H3. The Labute approximate surface area is 54.5 Å². The van der Waals surface area contributed by atoms with Gasteiger partial charge < -0.3 is 0 Å². The minimum absolute atomic E-state index is 1.02. The highest BCUT2D eigenvalue weighted by atomic mass is 79.9. The summed E-state index contributed by atoms with van der Waals surface area (Å²) >= 11 is 4.77. The number of aryl methyl sites for hydroxylation is 1. The molecule has 0 fully saturated rings. The summed E-state index contributed by atoms with van der Waals surface area (Å²) in [5, 5.41) is 0. The van der Waals surface area contributed by atoms with Gasteiger partial charge in [-0.1, -0.05) is 0 Å². The van der Waals surface area contributed by atoms with E-state index in [2.05, 4.69) is 26.4 Å². The first-order valence-electron chi connectivity index (χ1n) is 1.79. The van der Waals surface area contributed by atoms with E-state index in [1.165, 1.54) is 11.3 Å². The molecule has 3 heteroatoms. The van der Waals surface area contributed by atoms with Crippen LogP contribution in [0.15, 0.2) is 3.79 Å². The van der Waals surface area contributed by atoms with Crippen LogP contribution in [0.2, 0.25) is 0 Å². The van der Waals surface area contributed by atoms with Crippen molar-refractivity contribution in [3.63, 3.8) is 0 Å². The lowest BCUT2D eigenvalue weighted by Gasteiger charge is -1.75. The van der Waals surface area contributed by atoms with E-state index in [1.807, 2.05) is 6.92 Å². The Morgan fingerprint density at radius 2 is 2.57 bits per heavy atom. The van der Waals surface area contributed by atoms with Crippen molar-refractivity contribution in [3.05, 3.63) is 15.0 Å². The molecule has 1 rings (SSSR count). The molecule has 1 aromatic heterocycles. The molecule has 0 atom stereocenters. The van der Waals surface area contributed by atoms with Gasteiger partial charge >= 0.3 is 0 Å². The number of aromatic nitrogens is 1. The quantitative estimate of drug-likeness (QED) is 0.590. The molecule has 0 saturated carbocycles. The summed E-state index contributed by atoms with van der Waals surface area (Å²) in [6.07, 6.45) is 0. The van der Waals surface area contributed by atoms with Gasteiger partial charge in [0, 0.05) is 0 Å². The van der Waals surface area contributed by atoms with Gasteiger partial charge in [-0.25, -0.2) is 4.98 Å². The van der Waals surface area contributed by atoms with Crippen molar-refractivity contribution < 1.29 is 0 Å². The molecular weight excluding hydrogens is 174 g/mol. The average Bonchev–Trinajstić information content (AvgIpc) is 1.91. The van der Waals surface area contributed by atoms with E-state index in [-0.39, 0.29) is 0 Å². The summed E-state index contributed by atoms with van der Waals surface area (Å²) < 4.78 is 1.08. The fourth-order valence-corrected chi connectivity index (χ4v) is 1.01. The van der Waals surface area contributed by atoms with E-state index in [1.54, 1.807) is 0 Å². The summed E-state index contributed by atoms with van der Waals surface area (Å²) in [6.45, 7) is 1.94. The molecule has 0 saturated heterocycles. The van der Waals surface area contributed by atoms with Crippen LogP contribution in [0.1, 0.15) is 5.69 Å². The molecule has 37 valence electrons. The monoisotopic (exact) mass is 176 g/mol. The van der Waals surface area contributed by atoms with Crippen LogP contribution in [0, 0.1) is 12.4 Å². The van der Waals surface area contributed by atoms with Gasteiger partial charge in [0.15, 0.2) is 5.51 Å². The summed E-state index contributed by atoms with van der Waals surface area (Å²) in [5.41, 5.74) is 3.76. The van der Waals surface area contributed by atoms with Crippen LogP contribution < -0.4 is 0 Å². The first kappa shape index (κ1) is 5.25. The lowest BCUT2D eigenvalue weighted by atomic mass is 10.6. The Balaban J connectivity index is 3.12. The Morgan fingerprint density at radius 1 is 1.86 bits per heavy atom. The molecule has 0 spiro atoms. The highest BCUT2D eigenvalue weighted by Gasteiger charge is 1.92. The molecule has 1 radical (unpaired) electrons. The van der Waals surface area contributed by atoms with Gasteiger partial charge in [0.2, 0.25) is 0 Å². The Bertz CT molecular complexity index is 144. The molecule has 1 heterocycles. The van der Waals surface area contributed by atoms with E-state index in [0.29, 0.717) is 0 Å². The molecule has 0 N–H and O–H groups in total. The predicted molar refractivity (Wildman–Crippen MR) is 33.4 cm³/mol. The number of hydrogen-bond acceptors (Lipinski definition) is 2. The smallest absolute Gasteiger partial charge is 0.153 e. The van der Waals surface area contributed by atoms with Gasteiger partial charge in [0.25, 0.3) is 0 Å². The number of halogens is 1. The number of thiazole rings is 1. The topological polar surface area (TPSA) is 12.9 Å². The molecule has 0 bridgehead atoms. The summed E-state index contributed by atoms with van der Waals surface area (Å²) in [6, 6.07) is 0. The molecule has 0 aliphatic carbocycles. The number of hydrogen-bond donors (Lipinski definition) is 0. The maximum atomic E-state index is 3.86. The van der Waals surface area contributed by atoms with Crippen molar-refractivity contribution in [1.29, 1.82) is 0 Å². The lowest BCUT2D eigenvalue weighted by Crippen LogP contribution is -1.64. The van der Waals surface area contributed by atoms with Crippen molar-refractivity contribution in [3.8, 4) is 0 Å². The molecule has 1 nitrogen and oxygen atoms in total. The van der Waals surface area contributed by atoms with E-state index in [9.17, 15) is 0 Å². The SMILES string of the molecule is Cc1n[c]sc1Br. The van der Waals surface area contributed by atoms with Crippen LogP contribution in [-0.2, 0) is 0 Å². The Hall–Kier alpha value is 0.110. The van der Waals surface area contributed by atoms with Gasteiger partial charge in [-0.2, -0.15) is 0 Å². The number of nitrogens with zero attached hydrogens (tertiary/aromatic N) is 1.